The van der Waals surface area contributed by atoms with Crippen LogP contribution in [0.5, 0.6) is 0 Å². The molecular formula is C12H17BrO2S. The molecule has 0 amide bonds. The highest BCUT2D eigenvalue weighted by Crippen LogP contribution is 2.31. The number of benzene rings is 1. The highest BCUT2D eigenvalue weighted by atomic mass is 79.9. The number of halogens is 1. The molecule has 1 aromatic carbocycles. The summed E-state index contributed by atoms with van der Waals surface area (Å²) >= 11 is 5.20. The van der Waals surface area contributed by atoms with Gasteiger partial charge >= 0.3 is 0 Å². The maximum Gasteiger partial charge on any atom is 0.0762 e. The van der Waals surface area contributed by atoms with E-state index in [4.69, 9.17) is 5.11 Å². The number of thioether (sulfide) groups is 1. The van der Waals surface area contributed by atoms with Crippen molar-refractivity contribution in [3.63, 3.8) is 0 Å². The number of aliphatic hydroxyl groups is 2. The summed E-state index contributed by atoms with van der Waals surface area (Å²) < 4.78 is 1.00. The van der Waals surface area contributed by atoms with Crippen molar-refractivity contribution in [2.45, 2.75) is 24.8 Å². The smallest absolute Gasteiger partial charge is 0.0762 e. The molecule has 1 rings (SSSR count). The molecule has 0 fully saturated rings. The van der Waals surface area contributed by atoms with Gasteiger partial charge in [0.1, 0.15) is 0 Å². The summed E-state index contributed by atoms with van der Waals surface area (Å²) in [5.41, 5.74) is 0.909. The van der Waals surface area contributed by atoms with E-state index in [0.29, 0.717) is 5.92 Å². The first kappa shape index (κ1) is 14.0. The van der Waals surface area contributed by atoms with Crippen LogP contribution in [0.2, 0.25) is 0 Å². The topological polar surface area (TPSA) is 40.5 Å². The van der Waals surface area contributed by atoms with Crippen molar-refractivity contribution in [1.82, 2.24) is 0 Å². The first-order chi connectivity index (χ1) is 7.54. The first-order valence-corrected chi connectivity index (χ1v) is 7.03. The highest BCUT2D eigenvalue weighted by Gasteiger charge is 2.07. The van der Waals surface area contributed by atoms with Crippen molar-refractivity contribution >= 4 is 27.7 Å². The Morgan fingerprint density at radius 1 is 1.38 bits per heavy atom. The fourth-order valence-corrected chi connectivity index (χ4v) is 2.85. The standard InChI is InChI=1S/C12H17BrO2S/c1-8(6-14)7-16-12-4-3-10(9(2)15)5-11(12)13/h3-5,8-9,14-15H,6-7H2,1-2H3. The average Bonchev–Trinajstić information content (AvgIpc) is 2.26. The van der Waals surface area contributed by atoms with Gasteiger partial charge in [-0.1, -0.05) is 13.0 Å². The van der Waals surface area contributed by atoms with Gasteiger partial charge in [-0.3, -0.25) is 0 Å². The number of hydrogen-bond donors (Lipinski definition) is 2. The lowest BCUT2D eigenvalue weighted by atomic mass is 10.1. The van der Waals surface area contributed by atoms with Gasteiger partial charge in [0.25, 0.3) is 0 Å². The van der Waals surface area contributed by atoms with E-state index in [1.807, 2.05) is 25.1 Å². The van der Waals surface area contributed by atoms with Crippen molar-refractivity contribution in [3.05, 3.63) is 28.2 Å². The summed E-state index contributed by atoms with van der Waals surface area (Å²) in [6.45, 7) is 3.99. The molecule has 0 saturated carbocycles. The second kappa shape index (κ2) is 6.64. The van der Waals surface area contributed by atoms with E-state index < -0.39 is 6.10 Å². The number of rotatable bonds is 5. The summed E-state index contributed by atoms with van der Waals surface area (Å²) in [4.78, 5) is 1.14. The summed E-state index contributed by atoms with van der Waals surface area (Å²) in [5, 5.41) is 18.4. The van der Waals surface area contributed by atoms with Crippen molar-refractivity contribution in [2.24, 2.45) is 5.92 Å². The van der Waals surface area contributed by atoms with Crippen LogP contribution in [0.15, 0.2) is 27.6 Å². The Bertz CT molecular complexity index is 342. The Balaban J connectivity index is 2.68. The molecule has 0 aliphatic carbocycles. The molecule has 2 N–H and O–H groups in total. The van der Waals surface area contributed by atoms with E-state index >= 15 is 0 Å². The van der Waals surface area contributed by atoms with E-state index in [0.717, 1.165) is 20.7 Å². The zero-order chi connectivity index (χ0) is 12.1. The molecule has 1 aromatic rings. The first-order valence-electron chi connectivity index (χ1n) is 5.25. The van der Waals surface area contributed by atoms with E-state index in [9.17, 15) is 5.11 Å². The Kier molecular flexibility index (Phi) is 5.83. The van der Waals surface area contributed by atoms with Gasteiger partial charge < -0.3 is 10.2 Å². The maximum absolute atomic E-state index is 9.43. The fraction of sp³-hybridized carbons (Fsp3) is 0.500. The van der Waals surface area contributed by atoms with Crippen molar-refractivity contribution in [2.75, 3.05) is 12.4 Å². The summed E-state index contributed by atoms with van der Waals surface area (Å²) in [5.74, 6) is 1.19. The maximum atomic E-state index is 9.43. The minimum atomic E-state index is -0.438. The molecule has 0 aliphatic rings. The largest absolute Gasteiger partial charge is 0.396 e. The Morgan fingerprint density at radius 3 is 2.56 bits per heavy atom. The van der Waals surface area contributed by atoms with Gasteiger partial charge in [-0.05, 0) is 46.5 Å². The molecule has 0 radical (unpaired) electrons. The van der Waals surface area contributed by atoms with Gasteiger partial charge in [0.15, 0.2) is 0 Å². The van der Waals surface area contributed by atoms with Crippen LogP contribution in [-0.2, 0) is 0 Å². The van der Waals surface area contributed by atoms with Crippen LogP contribution in [0.25, 0.3) is 0 Å². The third kappa shape index (κ3) is 4.09. The molecule has 4 heteroatoms. The molecule has 0 aliphatic heterocycles. The molecule has 90 valence electrons. The zero-order valence-electron chi connectivity index (χ0n) is 9.48. The summed E-state index contributed by atoms with van der Waals surface area (Å²) in [7, 11) is 0. The van der Waals surface area contributed by atoms with Crippen LogP contribution in [0.1, 0.15) is 25.5 Å². The van der Waals surface area contributed by atoms with E-state index in [1.54, 1.807) is 18.7 Å². The molecule has 0 bridgehead atoms. The molecule has 0 aromatic heterocycles. The Hall–Kier alpha value is -0.0300. The zero-order valence-corrected chi connectivity index (χ0v) is 11.9. The second-order valence-electron chi connectivity index (χ2n) is 3.96. The summed E-state index contributed by atoms with van der Waals surface area (Å²) in [6, 6.07) is 5.87. The predicted octanol–water partition coefficient (Wildman–Crippen LogP) is 3.22. The second-order valence-corrected chi connectivity index (χ2v) is 5.88. The van der Waals surface area contributed by atoms with E-state index in [-0.39, 0.29) is 6.61 Å². The van der Waals surface area contributed by atoms with Crippen LogP contribution >= 0.6 is 27.7 Å². The van der Waals surface area contributed by atoms with Gasteiger partial charge in [0, 0.05) is 21.7 Å². The van der Waals surface area contributed by atoms with Gasteiger partial charge in [-0.15, -0.1) is 11.8 Å². The lowest BCUT2D eigenvalue weighted by Crippen LogP contribution is -2.03. The quantitative estimate of drug-likeness (QED) is 0.821. The molecular weight excluding hydrogens is 288 g/mol. The van der Waals surface area contributed by atoms with E-state index in [1.165, 1.54) is 0 Å². The normalized spacial score (nSPS) is 14.8. The fourth-order valence-electron chi connectivity index (χ4n) is 1.18. The van der Waals surface area contributed by atoms with Crippen LogP contribution in [0, 0.1) is 5.92 Å². The lowest BCUT2D eigenvalue weighted by molar-refractivity contribution is 0.199. The van der Waals surface area contributed by atoms with Gasteiger partial charge in [-0.25, -0.2) is 0 Å². The van der Waals surface area contributed by atoms with Gasteiger partial charge in [0.2, 0.25) is 0 Å². The van der Waals surface area contributed by atoms with Crippen molar-refractivity contribution in [3.8, 4) is 0 Å². The minimum absolute atomic E-state index is 0.219. The molecule has 0 spiro atoms. The van der Waals surface area contributed by atoms with Crippen molar-refractivity contribution in [1.29, 1.82) is 0 Å². The molecule has 0 heterocycles. The minimum Gasteiger partial charge on any atom is -0.396 e. The van der Waals surface area contributed by atoms with Crippen molar-refractivity contribution < 1.29 is 10.2 Å². The van der Waals surface area contributed by atoms with Gasteiger partial charge in [0.05, 0.1) is 6.10 Å². The number of aliphatic hydroxyl groups excluding tert-OH is 2. The van der Waals surface area contributed by atoms with Crippen LogP contribution < -0.4 is 0 Å². The molecule has 2 nitrogen and oxygen atoms in total. The molecule has 2 atom stereocenters. The molecule has 2 unspecified atom stereocenters. The third-order valence-corrected chi connectivity index (χ3v) is 4.59. The van der Waals surface area contributed by atoms with Crippen LogP contribution in [-0.4, -0.2) is 22.6 Å². The molecule has 0 saturated heterocycles. The Morgan fingerprint density at radius 2 is 2.06 bits per heavy atom. The Labute approximate surface area is 109 Å². The van der Waals surface area contributed by atoms with Gasteiger partial charge in [-0.2, -0.15) is 0 Å². The SMILES string of the molecule is CC(CO)CSc1ccc(C(C)O)cc1Br. The highest BCUT2D eigenvalue weighted by molar-refractivity contribution is 9.10. The monoisotopic (exact) mass is 304 g/mol. The lowest BCUT2D eigenvalue weighted by Gasteiger charge is -2.11. The van der Waals surface area contributed by atoms with E-state index in [2.05, 4.69) is 15.9 Å². The summed E-state index contributed by atoms with van der Waals surface area (Å²) in [6.07, 6.45) is -0.438. The van der Waals surface area contributed by atoms with Crippen LogP contribution in [0.3, 0.4) is 0 Å². The molecule has 16 heavy (non-hydrogen) atoms. The predicted molar refractivity (Wildman–Crippen MR) is 71.7 cm³/mol. The average molecular weight is 305 g/mol. The van der Waals surface area contributed by atoms with Crippen LogP contribution in [0.4, 0.5) is 0 Å². The third-order valence-electron chi connectivity index (χ3n) is 2.27. The number of hydrogen-bond acceptors (Lipinski definition) is 3.